The van der Waals surface area contributed by atoms with Gasteiger partial charge in [0.2, 0.25) is 0 Å². The molecule has 1 N–H and O–H groups in total. The van der Waals surface area contributed by atoms with Crippen LogP contribution in [-0.2, 0) is 19.1 Å². The molecule has 0 saturated carbocycles. The maximum atomic E-state index is 12.2. The van der Waals surface area contributed by atoms with Crippen molar-refractivity contribution in [2.75, 3.05) is 13.2 Å². The highest BCUT2D eigenvalue weighted by atomic mass is 16.6. The molecule has 0 spiro atoms. The molecule has 0 amide bonds. The maximum Gasteiger partial charge on any atom is 0.306 e. The molecule has 0 aliphatic heterocycles. The zero-order valence-electron chi connectivity index (χ0n) is 38.0. The van der Waals surface area contributed by atoms with Gasteiger partial charge < -0.3 is 14.6 Å². The van der Waals surface area contributed by atoms with E-state index in [1.165, 1.54) is 70.6 Å². The average molecular weight is 817 g/mol. The average Bonchev–Trinajstić information content (AvgIpc) is 3.24. The van der Waals surface area contributed by atoms with Crippen molar-refractivity contribution in [3.8, 4) is 0 Å². The van der Waals surface area contributed by atoms with Gasteiger partial charge in [-0.3, -0.25) is 9.59 Å². The first kappa shape index (κ1) is 55.6. The summed E-state index contributed by atoms with van der Waals surface area (Å²) in [4.78, 5) is 24.3. The Balaban J connectivity index is 3.57. The lowest BCUT2D eigenvalue weighted by Crippen LogP contribution is -2.28. The molecule has 5 heteroatoms. The van der Waals surface area contributed by atoms with Crippen LogP contribution in [0.1, 0.15) is 200 Å². The van der Waals surface area contributed by atoms with Crippen molar-refractivity contribution in [2.45, 2.75) is 206 Å². The molecule has 0 aromatic heterocycles. The Bertz CT molecular complexity index is 1200. The Labute approximate surface area is 363 Å². The van der Waals surface area contributed by atoms with Crippen LogP contribution in [0.4, 0.5) is 0 Å². The Morgan fingerprint density at radius 3 is 1.12 bits per heavy atom. The van der Waals surface area contributed by atoms with Gasteiger partial charge >= 0.3 is 11.9 Å². The molecule has 0 aliphatic rings. The minimum atomic E-state index is -0.782. The molecular weight excluding hydrogens is 729 g/mol. The van der Waals surface area contributed by atoms with Crippen LogP contribution in [0.25, 0.3) is 0 Å². The molecule has 0 heterocycles. The Kier molecular flexibility index (Phi) is 46.1. The van der Waals surface area contributed by atoms with Gasteiger partial charge in [-0.15, -0.1) is 0 Å². The number of esters is 2. The van der Waals surface area contributed by atoms with E-state index >= 15 is 0 Å². The second-order valence-corrected chi connectivity index (χ2v) is 15.4. The molecule has 59 heavy (non-hydrogen) atoms. The number of aliphatic hydroxyl groups is 1. The van der Waals surface area contributed by atoms with E-state index in [0.29, 0.717) is 12.8 Å². The van der Waals surface area contributed by atoms with Crippen molar-refractivity contribution < 1.29 is 24.2 Å². The molecule has 1 unspecified atom stereocenters. The van der Waals surface area contributed by atoms with Gasteiger partial charge in [-0.2, -0.15) is 0 Å². The largest absolute Gasteiger partial charge is 0.462 e. The van der Waals surface area contributed by atoms with Gasteiger partial charge in [-0.05, 0) is 96.3 Å². The molecule has 0 radical (unpaired) electrons. The fourth-order valence-electron chi connectivity index (χ4n) is 6.22. The number of carbonyl (C=O) groups is 2. The summed E-state index contributed by atoms with van der Waals surface area (Å²) in [6, 6.07) is 0. The van der Waals surface area contributed by atoms with Crippen molar-refractivity contribution in [1.29, 1.82) is 0 Å². The molecule has 0 aromatic carbocycles. The summed E-state index contributed by atoms with van der Waals surface area (Å²) in [5.41, 5.74) is 0. The first-order chi connectivity index (χ1) is 29.1. The fourth-order valence-corrected chi connectivity index (χ4v) is 6.22. The van der Waals surface area contributed by atoms with Crippen molar-refractivity contribution in [3.05, 3.63) is 109 Å². The smallest absolute Gasteiger partial charge is 0.306 e. The van der Waals surface area contributed by atoms with Crippen molar-refractivity contribution in [3.63, 3.8) is 0 Å². The van der Waals surface area contributed by atoms with E-state index in [1.54, 1.807) is 0 Å². The van der Waals surface area contributed by atoms with Crippen LogP contribution in [0.3, 0.4) is 0 Å². The molecule has 0 rings (SSSR count). The minimum absolute atomic E-state index is 0.0771. The van der Waals surface area contributed by atoms with E-state index in [2.05, 4.69) is 123 Å². The summed E-state index contributed by atoms with van der Waals surface area (Å²) in [6.45, 7) is 3.93. The number of aliphatic hydroxyl groups excluding tert-OH is 1. The van der Waals surface area contributed by atoms with Gasteiger partial charge in [0.15, 0.2) is 6.10 Å². The minimum Gasteiger partial charge on any atom is -0.462 e. The second-order valence-electron chi connectivity index (χ2n) is 15.4. The van der Waals surface area contributed by atoms with Crippen LogP contribution >= 0.6 is 0 Å². The van der Waals surface area contributed by atoms with E-state index in [9.17, 15) is 14.7 Å². The predicted octanol–water partition coefficient (Wildman–Crippen LogP) is 15.8. The number of rotatable bonds is 42. The first-order valence-electron chi connectivity index (χ1n) is 23.9. The third-order valence-electron chi connectivity index (χ3n) is 9.78. The predicted molar refractivity (Wildman–Crippen MR) is 255 cm³/mol. The third-order valence-corrected chi connectivity index (χ3v) is 9.78. The van der Waals surface area contributed by atoms with Gasteiger partial charge in [0.1, 0.15) is 6.61 Å². The van der Waals surface area contributed by atoms with E-state index in [0.717, 1.165) is 103 Å². The maximum absolute atomic E-state index is 12.2. The van der Waals surface area contributed by atoms with Crippen molar-refractivity contribution >= 4 is 11.9 Å². The lowest BCUT2D eigenvalue weighted by molar-refractivity contribution is -0.161. The summed E-state index contributed by atoms with van der Waals surface area (Å²) in [5, 5.41) is 9.57. The van der Waals surface area contributed by atoms with E-state index in [1.807, 2.05) is 0 Å². The number of allylic oxidation sites excluding steroid dienone is 18. The molecule has 0 fully saturated rings. The van der Waals surface area contributed by atoms with Gasteiger partial charge in [-0.1, -0.05) is 200 Å². The quantitative estimate of drug-likeness (QED) is 0.0377. The van der Waals surface area contributed by atoms with Crippen LogP contribution in [0, 0.1) is 0 Å². The standard InChI is InChI=1S/C54H88O5/c1-3-5-7-9-11-13-15-16-17-18-19-20-21-22-23-24-25-26-27-28-29-30-31-32-33-34-35-36-37-38-39-41-43-45-47-49-54(57)59-52(50-55)51-58-53(56)48-46-44-42-40-14-12-10-8-6-4-2/h5,7-8,10-11,13,16-17,19-20,22-23,25-26,28-29,31-32,52,55H,3-4,6,9,12,14-15,18,21,24,27,30,33-51H2,1-2H3/b7-5-,10-8-,13-11-,17-16-,20-19-,23-22-,26-25-,29-28-,32-31-. The summed E-state index contributed by atoms with van der Waals surface area (Å²) >= 11 is 0. The molecule has 0 aliphatic carbocycles. The van der Waals surface area contributed by atoms with Gasteiger partial charge in [0, 0.05) is 12.8 Å². The van der Waals surface area contributed by atoms with Crippen molar-refractivity contribution in [1.82, 2.24) is 0 Å². The van der Waals surface area contributed by atoms with Gasteiger partial charge in [0.25, 0.3) is 0 Å². The normalized spacial score (nSPS) is 13.2. The van der Waals surface area contributed by atoms with Crippen LogP contribution < -0.4 is 0 Å². The summed E-state index contributed by atoms with van der Waals surface area (Å²) in [7, 11) is 0. The topological polar surface area (TPSA) is 72.8 Å². The number of hydrogen-bond acceptors (Lipinski definition) is 5. The zero-order chi connectivity index (χ0) is 42.8. The van der Waals surface area contributed by atoms with Crippen LogP contribution in [0.5, 0.6) is 0 Å². The lowest BCUT2D eigenvalue weighted by Gasteiger charge is -2.15. The molecule has 5 nitrogen and oxygen atoms in total. The highest BCUT2D eigenvalue weighted by Gasteiger charge is 2.16. The summed E-state index contributed by atoms with van der Waals surface area (Å²) in [5.74, 6) is -0.616. The fraction of sp³-hybridized carbons (Fsp3) is 0.630. The lowest BCUT2D eigenvalue weighted by atomic mass is 10.0. The Morgan fingerprint density at radius 1 is 0.407 bits per heavy atom. The first-order valence-corrected chi connectivity index (χ1v) is 23.9. The number of ether oxygens (including phenoxy) is 2. The van der Waals surface area contributed by atoms with Crippen LogP contribution in [0.2, 0.25) is 0 Å². The third kappa shape index (κ3) is 47.1. The summed E-state index contributed by atoms with van der Waals surface area (Å²) < 4.78 is 10.6. The molecule has 334 valence electrons. The van der Waals surface area contributed by atoms with Crippen LogP contribution in [0.15, 0.2) is 109 Å². The van der Waals surface area contributed by atoms with Gasteiger partial charge in [-0.25, -0.2) is 0 Å². The van der Waals surface area contributed by atoms with Crippen molar-refractivity contribution in [2.24, 2.45) is 0 Å². The van der Waals surface area contributed by atoms with E-state index in [4.69, 9.17) is 9.47 Å². The second kappa shape index (κ2) is 48.9. The number of hydrogen-bond donors (Lipinski definition) is 1. The van der Waals surface area contributed by atoms with Crippen LogP contribution in [-0.4, -0.2) is 36.4 Å². The highest BCUT2D eigenvalue weighted by Crippen LogP contribution is 2.13. The molecule has 0 saturated heterocycles. The van der Waals surface area contributed by atoms with Gasteiger partial charge in [0.05, 0.1) is 6.61 Å². The van der Waals surface area contributed by atoms with E-state index < -0.39 is 6.10 Å². The monoisotopic (exact) mass is 817 g/mol. The van der Waals surface area contributed by atoms with E-state index in [-0.39, 0.29) is 25.2 Å². The molecule has 0 bridgehead atoms. The SMILES string of the molecule is CC/C=C\C/C=C\C/C=C\C/C=C\C/C=C\C/C=C\C/C=C\C/C=C\CCCCCCCCCCCCC(=O)OC(CO)COC(=O)CCCCCCC/C=C\CCC. The number of unbranched alkanes of at least 4 members (excludes halogenated alkanes) is 16. The molecule has 0 aromatic rings. The molecule has 1 atom stereocenters. The summed E-state index contributed by atoms with van der Waals surface area (Å²) in [6.07, 6.45) is 70.4. The molecular formula is C54H88O5. The Morgan fingerprint density at radius 2 is 0.729 bits per heavy atom. The zero-order valence-corrected chi connectivity index (χ0v) is 38.0. The number of carbonyl (C=O) groups excluding carboxylic acids is 2. The highest BCUT2D eigenvalue weighted by molar-refractivity contribution is 5.70. The Hall–Kier alpha value is -3.44.